The molecule has 0 aromatic carbocycles. The lowest BCUT2D eigenvalue weighted by molar-refractivity contribution is -0.192. The number of nitrogens with zero attached hydrogens (tertiary/aromatic N) is 3. The zero-order valence-corrected chi connectivity index (χ0v) is 19.1. The monoisotopic (exact) mass is 474 g/mol. The minimum atomic E-state index is -5.08. The molecule has 0 aliphatic heterocycles. The zero-order valence-electron chi connectivity index (χ0n) is 19.1. The molecule has 0 atom stereocenters. The lowest BCUT2D eigenvalue weighted by Crippen LogP contribution is -2.39. The summed E-state index contributed by atoms with van der Waals surface area (Å²) < 4.78 is 37.1. The molecule has 0 fully saturated rings. The molecule has 0 bridgehead atoms. The van der Waals surface area contributed by atoms with Crippen molar-refractivity contribution in [1.29, 1.82) is 0 Å². The van der Waals surface area contributed by atoms with E-state index >= 15 is 0 Å². The summed E-state index contributed by atoms with van der Waals surface area (Å²) in [6.07, 6.45) is -1.92. The summed E-state index contributed by atoms with van der Waals surface area (Å²) in [4.78, 5) is 32.5. The molecule has 0 aliphatic carbocycles. The number of carboxylic acids is 1. The molecule has 0 radical (unpaired) electrons. The molecule has 12 heteroatoms. The number of carboxylic acid groups (broad SMARTS) is 1. The van der Waals surface area contributed by atoms with Gasteiger partial charge >= 0.3 is 12.1 Å². The Labute approximate surface area is 189 Å². The molecule has 2 heterocycles. The molecule has 3 N–H and O–H groups in total. The second-order valence-electron chi connectivity index (χ2n) is 8.26. The number of nitrogens with one attached hydrogen (secondary N) is 1. The van der Waals surface area contributed by atoms with Crippen molar-refractivity contribution in [2.45, 2.75) is 58.8 Å². The largest absolute Gasteiger partial charge is 0.490 e. The van der Waals surface area contributed by atoms with Gasteiger partial charge in [0.15, 0.2) is 0 Å². The molecule has 0 spiro atoms. The van der Waals surface area contributed by atoms with Gasteiger partial charge in [-0.2, -0.15) is 13.2 Å². The molecule has 0 saturated heterocycles. The van der Waals surface area contributed by atoms with Crippen LogP contribution in [-0.2, 0) is 16.8 Å². The Hall–Kier alpha value is -3.15. The minimum absolute atomic E-state index is 0.0464. The Balaban J connectivity index is 0.000000675. The van der Waals surface area contributed by atoms with Crippen LogP contribution in [0.15, 0.2) is 29.0 Å². The number of amides is 1. The molecule has 1 amide bonds. The molecule has 0 unspecified atom stereocenters. The molecular weight excluding hydrogens is 445 g/mol. The molecule has 184 valence electrons. The number of hydrogen-bond donors (Lipinski definition) is 3. The summed E-state index contributed by atoms with van der Waals surface area (Å²) in [5.74, 6) is -1.11. The summed E-state index contributed by atoms with van der Waals surface area (Å²) in [5, 5.41) is 19.6. The SMILES string of the molecule is CC(C)N(CCO)C(=O)c1cnc(C(C)(C)C)nc1NCc1ccco1.O=C(O)C(F)(F)F. The van der Waals surface area contributed by atoms with Crippen molar-refractivity contribution in [3.8, 4) is 0 Å². The number of rotatable bonds is 7. The normalized spacial score (nSPS) is 11.6. The number of aromatic nitrogens is 2. The van der Waals surface area contributed by atoms with Crippen molar-refractivity contribution in [3.63, 3.8) is 0 Å². The summed E-state index contributed by atoms with van der Waals surface area (Å²) in [6, 6.07) is 3.62. The third-order valence-corrected chi connectivity index (χ3v) is 4.17. The van der Waals surface area contributed by atoms with E-state index in [1.165, 1.54) is 0 Å². The van der Waals surface area contributed by atoms with Gasteiger partial charge in [0.25, 0.3) is 5.91 Å². The lowest BCUT2D eigenvalue weighted by Gasteiger charge is -2.27. The fraction of sp³-hybridized carbons (Fsp3) is 0.524. The molecule has 2 aromatic heterocycles. The van der Waals surface area contributed by atoms with Crippen molar-refractivity contribution in [2.75, 3.05) is 18.5 Å². The molecule has 0 aliphatic rings. The van der Waals surface area contributed by atoms with Gasteiger partial charge in [-0.25, -0.2) is 14.8 Å². The predicted octanol–water partition coefficient (Wildman–Crippen LogP) is 3.46. The number of alkyl halides is 3. The first kappa shape index (κ1) is 27.9. The zero-order chi connectivity index (χ0) is 25.4. The molecule has 9 nitrogen and oxygen atoms in total. The standard InChI is InChI=1S/C19H28N4O3.C2HF3O2/c1-13(2)23(8-9-24)17(25)15-12-21-18(19(3,4)5)22-16(15)20-11-14-7-6-10-26-14;3-2(4,5)1(6)7/h6-7,10,12-13,24H,8-9,11H2,1-5H3,(H,20,21,22);(H,6,7). The summed E-state index contributed by atoms with van der Waals surface area (Å²) in [5.41, 5.74) is 0.137. The van der Waals surface area contributed by atoms with E-state index in [1.807, 2.05) is 46.8 Å². The van der Waals surface area contributed by atoms with Crippen molar-refractivity contribution in [2.24, 2.45) is 0 Å². The molecule has 33 heavy (non-hydrogen) atoms. The highest BCUT2D eigenvalue weighted by Crippen LogP contribution is 2.23. The highest BCUT2D eigenvalue weighted by Gasteiger charge is 2.38. The first-order chi connectivity index (χ1) is 15.2. The first-order valence-electron chi connectivity index (χ1n) is 10.0. The maximum Gasteiger partial charge on any atom is 0.490 e. The van der Waals surface area contributed by atoms with Gasteiger partial charge in [0, 0.05) is 24.2 Å². The number of anilines is 1. The van der Waals surface area contributed by atoms with Crippen molar-refractivity contribution in [3.05, 3.63) is 41.7 Å². The van der Waals surface area contributed by atoms with Crippen molar-refractivity contribution >= 4 is 17.7 Å². The van der Waals surface area contributed by atoms with E-state index in [1.54, 1.807) is 17.4 Å². The Morgan fingerprint density at radius 3 is 2.27 bits per heavy atom. The maximum absolute atomic E-state index is 13.0. The van der Waals surface area contributed by atoms with Crippen LogP contribution >= 0.6 is 0 Å². The predicted molar refractivity (Wildman–Crippen MR) is 114 cm³/mol. The summed E-state index contributed by atoms with van der Waals surface area (Å²) in [7, 11) is 0. The second kappa shape index (κ2) is 11.6. The van der Waals surface area contributed by atoms with Gasteiger partial charge in [-0.15, -0.1) is 0 Å². The van der Waals surface area contributed by atoms with E-state index < -0.39 is 12.1 Å². The van der Waals surface area contributed by atoms with Crippen LogP contribution < -0.4 is 5.32 Å². The van der Waals surface area contributed by atoms with Crippen molar-refractivity contribution < 1.29 is 37.4 Å². The molecule has 0 saturated carbocycles. The van der Waals surface area contributed by atoms with Crippen LogP contribution in [0.2, 0.25) is 0 Å². The minimum Gasteiger partial charge on any atom is -0.475 e. The Bertz CT molecular complexity index is 910. The number of furan rings is 1. The van der Waals surface area contributed by atoms with Gasteiger partial charge in [0.05, 0.1) is 19.4 Å². The third kappa shape index (κ3) is 8.72. The van der Waals surface area contributed by atoms with E-state index in [0.29, 0.717) is 23.8 Å². The highest BCUT2D eigenvalue weighted by atomic mass is 19.4. The number of halogens is 3. The third-order valence-electron chi connectivity index (χ3n) is 4.17. The van der Waals surface area contributed by atoms with Gasteiger partial charge in [-0.1, -0.05) is 20.8 Å². The highest BCUT2D eigenvalue weighted by molar-refractivity contribution is 5.98. The van der Waals surface area contributed by atoms with Crippen LogP contribution in [0.1, 0.15) is 56.6 Å². The Morgan fingerprint density at radius 2 is 1.85 bits per heavy atom. The molecule has 2 rings (SSSR count). The van der Waals surface area contributed by atoms with Crippen LogP contribution in [0.25, 0.3) is 0 Å². The Kier molecular flexibility index (Phi) is 9.83. The van der Waals surface area contributed by atoms with Crippen LogP contribution in [0, 0.1) is 0 Å². The summed E-state index contributed by atoms with van der Waals surface area (Å²) in [6.45, 7) is 10.5. The number of aliphatic hydroxyl groups excluding tert-OH is 1. The number of carbonyl (C=O) groups excluding carboxylic acids is 1. The lowest BCUT2D eigenvalue weighted by atomic mass is 9.95. The Morgan fingerprint density at radius 1 is 1.24 bits per heavy atom. The number of aliphatic hydroxyl groups is 1. The second-order valence-corrected chi connectivity index (χ2v) is 8.26. The van der Waals surface area contributed by atoms with E-state index in [4.69, 9.17) is 14.3 Å². The van der Waals surface area contributed by atoms with Gasteiger partial charge < -0.3 is 24.8 Å². The van der Waals surface area contributed by atoms with Gasteiger partial charge in [-0.3, -0.25) is 4.79 Å². The van der Waals surface area contributed by atoms with Crippen molar-refractivity contribution in [1.82, 2.24) is 14.9 Å². The molecular formula is C21H29F3N4O5. The van der Waals surface area contributed by atoms with Crippen LogP contribution in [0.3, 0.4) is 0 Å². The maximum atomic E-state index is 13.0. The number of hydrogen-bond acceptors (Lipinski definition) is 7. The van der Waals surface area contributed by atoms with Crippen LogP contribution in [0.4, 0.5) is 19.0 Å². The fourth-order valence-corrected chi connectivity index (χ4v) is 2.48. The van der Waals surface area contributed by atoms with Gasteiger partial charge in [-0.05, 0) is 26.0 Å². The number of aliphatic carboxylic acids is 1. The quantitative estimate of drug-likeness (QED) is 0.557. The summed E-state index contributed by atoms with van der Waals surface area (Å²) >= 11 is 0. The van der Waals surface area contributed by atoms with E-state index in [0.717, 1.165) is 5.76 Å². The number of carbonyl (C=O) groups is 2. The van der Waals surface area contributed by atoms with E-state index in [9.17, 15) is 23.1 Å². The van der Waals surface area contributed by atoms with Crippen LogP contribution in [-0.4, -0.2) is 62.3 Å². The topological polar surface area (TPSA) is 129 Å². The van der Waals surface area contributed by atoms with Crippen LogP contribution in [0.5, 0.6) is 0 Å². The van der Waals surface area contributed by atoms with E-state index in [2.05, 4.69) is 15.3 Å². The first-order valence-corrected chi connectivity index (χ1v) is 10.0. The average molecular weight is 474 g/mol. The van der Waals surface area contributed by atoms with Gasteiger partial charge in [0.2, 0.25) is 0 Å². The fourth-order valence-electron chi connectivity index (χ4n) is 2.48. The van der Waals surface area contributed by atoms with Gasteiger partial charge in [0.1, 0.15) is 23.0 Å². The molecule has 2 aromatic rings. The smallest absolute Gasteiger partial charge is 0.475 e. The average Bonchev–Trinajstić information content (AvgIpc) is 3.22. The van der Waals surface area contributed by atoms with E-state index in [-0.39, 0.29) is 30.5 Å².